The van der Waals surface area contributed by atoms with Gasteiger partial charge in [-0.2, -0.15) is 0 Å². The van der Waals surface area contributed by atoms with Gasteiger partial charge in [0.05, 0.1) is 6.54 Å². The van der Waals surface area contributed by atoms with Crippen molar-refractivity contribution in [3.8, 4) is 0 Å². The lowest BCUT2D eigenvalue weighted by Crippen LogP contribution is -2.33. The Kier molecular flexibility index (Phi) is 6.36. The third-order valence-electron chi connectivity index (χ3n) is 3.95. The van der Waals surface area contributed by atoms with E-state index >= 15 is 0 Å². The van der Waals surface area contributed by atoms with Gasteiger partial charge in [0.15, 0.2) is 0 Å². The molecule has 3 heteroatoms. The number of benzene rings is 2. The van der Waals surface area contributed by atoms with Crippen LogP contribution in [0.1, 0.15) is 37.9 Å². The van der Waals surface area contributed by atoms with E-state index in [1.54, 1.807) is 0 Å². The summed E-state index contributed by atoms with van der Waals surface area (Å²) < 4.78 is 0. The molecule has 2 aromatic rings. The van der Waals surface area contributed by atoms with Gasteiger partial charge in [-0.1, -0.05) is 63.2 Å². The maximum Gasteiger partial charge on any atom is 0.238 e. The minimum absolute atomic E-state index is 0.0178. The zero-order chi connectivity index (χ0) is 16.7. The Labute approximate surface area is 139 Å². The normalized spacial score (nSPS) is 12.2. The van der Waals surface area contributed by atoms with Gasteiger partial charge >= 0.3 is 0 Å². The first-order chi connectivity index (χ1) is 11.1. The summed E-state index contributed by atoms with van der Waals surface area (Å²) in [4.78, 5) is 12.2. The molecule has 0 aliphatic rings. The Hall–Kier alpha value is -2.13. The van der Waals surface area contributed by atoms with Crippen LogP contribution in [0.3, 0.4) is 0 Å². The lowest BCUT2D eigenvalue weighted by atomic mass is 9.96. The number of carbonyl (C=O) groups is 1. The van der Waals surface area contributed by atoms with Crippen molar-refractivity contribution in [3.05, 3.63) is 65.7 Å². The number of anilines is 1. The molecule has 0 fully saturated rings. The predicted octanol–water partition coefficient (Wildman–Crippen LogP) is 4.17. The maximum atomic E-state index is 12.2. The summed E-state index contributed by atoms with van der Waals surface area (Å²) in [7, 11) is 0. The highest BCUT2D eigenvalue weighted by Gasteiger charge is 2.16. The lowest BCUT2D eigenvalue weighted by molar-refractivity contribution is -0.115. The largest absolute Gasteiger partial charge is 0.325 e. The van der Waals surface area contributed by atoms with Gasteiger partial charge < -0.3 is 10.6 Å². The Morgan fingerprint density at radius 2 is 1.65 bits per heavy atom. The highest BCUT2D eigenvalue weighted by atomic mass is 16.1. The van der Waals surface area contributed by atoms with Crippen molar-refractivity contribution in [2.24, 2.45) is 5.92 Å². The summed E-state index contributed by atoms with van der Waals surface area (Å²) in [6.07, 6.45) is 1.00. The van der Waals surface area contributed by atoms with Gasteiger partial charge in [0.1, 0.15) is 0 Å². The molecule has 0 aromatic heterocycles. The minimum Gasteiger partial charge on any atom is -0.325 e. The second kappa shape index (κ2) is 8.49. The molecule has 2 N–H and O–H groups in total. The first-order valence-electron chi connectivity index (χ1n) is 8.27. The van der Waals surface area contributed by atoms with Gasteiger partial charge in [0, 0.05) is 11.7 Å². The molecule has 0 saturated carbocycles. The number of carbonyl (C=O) groups excluding carboxylic acids is 1. The predicted molar refractivity (Wildman–Crippen MR) is 96.5 cm³/mol. The fraction of sp³-hybridized carbons (Fsp3) is 0.350. The number of amides is 1. The van der Waals surface area contributed by atoms with Crippen molar-refractivity contribution in [2.45, 2.75) is 33.2 Å². The third-order valence-corrected chi connectivity index (χ3v) is 3.95. The highest BCUT2D eigenvalue weighted by molar-refractivity contribution is 5.92. The Balaban J connectivity index is 1.91. The van der Waals surface area contributed by atoms with Crippen molar-refractivity contribution in [2.75, 3.05) is 11.9 Å². The number of aryl methyl sites for hydroxylation is 1. The zero-order valence-electron chi connectivity index (χ0n) is 14.2. The first-order valence-corrected chi connectivity index (χ1v) is 8.27. The smallest absolute Gasteiger partial charge is 0.238 e. The average molecular weight is 310 g/mol. The number of hydrogen-bond donors (Lipinski definition) is 2. The molecule has 0 radical (unpaired) electrons. The molecule has 2 rings (SSSR count). The molecule has 1 atom stereocenters. The molecular formula is C20H26N2O. The van der Waals surface area contributed by atoms with Gasteiger partial charge in [0.25, 0.3) is 0 Å². The topological polar surface area (TPSA) is 41.1 Å². The van der Waals surface area contributed by atoms with E-state index in [9.17, 15) is 4.79 Å². The molecule has 1 amide bonds. The Morgan fingerprint density at radius 1 is 1.00 bits per heavy atom. The second-order valence-electron chi connectivity index (χ2n) is 6.11. The molecule has 0 aliphatic carbocycles. The number of nitrogens with one attached hydrogen (secondary N) is 2. The minimum atomic E-state index is -0.0178. The second-order valence-corrected chi connectivity index (χ2v) is 6.11. The van der Waals surface area contributed by atoms with E-state index in [1.165, 1.54) is 11.1 Å². The van der Waals surface area contributed by atoms with Crippen molar-refractivity contribution in [3.63, 3.8) is 0 Å². The van der Waals surface area contributed by atoms with Crippen LogP contribution in [0.5, 0.6) is 0 Å². The van der Waals surface area contributed by atoms with Crippen molar-refractivity contribution in [1.29, 1.82) is 0 Å². The van der Waals surface area contributed by atoms with Crippen LogP contribution < -0.4 is 10.6 Å². The molecular weight excluding hydrogens is 284 g/mol. The quantitative estimate of drug-likeness (QED) is 0.805. The molecule has 23 heavy (non-hydrogen) atoms. The zero-order valence-corrected chi connectivity index (χ0v) is 14.2. The standard InChI is InChI=1S/C20H26N2O/c1-4-16-10-12-18(13-11-16)22-19(23)14-21-20(15(2)3)17-8-6-5-7-9-17/h5-13,15,20-21H,4,14H2,1-3H3,(H,22,23)/t20-/m1/s1. The first kappa shape index (κ1) is 17.2. The van der Waals surface area contributed by atoms with E-state index in [0.717, 1.165) is 12.1 Å². The van der Waals surface area contributed by atoms with E-state index in [-0.39, 0.29) is 11.9 Å². The molecule has 0 unspecified atom stereocenters. The average Bonchev–Trinajstić information content (AvgIpc) is 2.56. The van der Waals surface area contributed by atoms with Crippen LogP contribution in [0.25, 0.3) is 0 Å². The van der Waals surface area contributed by atoms with Crippen LogP contribution in [-0.2, 0) is 11.2 Å². The lowest BCUT2D eigenvalue weighted by Gasteiger charge is -2.22. The molecule has 122 valence electrons. The SMILES string of the molecule is CCc1ccc(NC(=O)CN[C@@H](c2ccccc2)C(C)C)cc1. The molecule has 3 nitrogen and oxygen atoms in total. The van der Waals surface area contributed by atoms with Crippen molar-refractivity contribution >= 4 is 11.6 Å². The van der Waals surface area contributed by atoms with Gasteiger partial charge in [-0.05, 0) is 35.6 Å². The van der Waals surface area contributed by atoms with Crippen LogP contribution in [0.4, 0.5) is 5.69 Å². The molecule has 0 bridgehead atoms. The molecule has 0 aliphatic heterocycles. The fourth-order valence-electron chi connectivity index (χ4n) is 2.63. The van der Waals surface area contributed by atoms with Gasteiger partial charge in [0.2, 0.25) is 5.91 Å². The summed E-state index contributed by atoms with van der Waals surface area (Å²) >= 11 is 0. The van der Waals surface area contributed by atoms with Crippen LogP contribution in [0.2, 0.25) is 0 Å². The molecule has 0 spiro atoms. The molecule has 0 heterocycles. The Bertz CT molecular complexity index is 605. The van der Waals surface area contributed by atoms with Crippen LogP contribution in [-0.4, -0.2) is 12.5 Å². The van der Waals surface area contributed by atoms with Gasteiger partial charge in [-0.15, -0.1) is 0 Å². The Morgan fingerprint density at radius 3 is 2.22 bits per heavy atom. The monoisotopic (exact) mass is 310 g/mol. The highest BCUT2D eigenvalue weighted by Crippen LogP contribution is 2.21. The summed E-state index contributed by atoms with van der Waals surface area (Å²) in [5, 5.41) is 6.30. The van der Waals surface area contributed by atoms with Crippen molar-refractivity contribution < 1.29 is 4.79 Å². The van der Waals surface area contributed by atoms with E-state index in [4.69, 9.17) is 0 Å². The van der Waals surface area contributed by atoms with Gasteiger partial charge in [-0.3, -0.25) is 4.79 Å². The van der Waals surface area contributed by atoms with E-state index in [0.29, 0.717) is 12.5 Å². The number of rotatable bonds is 7. The summed E-state index contributed by atoms with van der Waals surface area (Å²) in [6, 6.07) is 18.4. The van der Waals surface area contributed by atoms with E-state index in [1.807, 2.05) is 42.5 Å². The van der Waals surface area contributed by atoms with Gasteiger partial charge in [-0.25, -0.2) is 0 Å². The third kappa shape index (κ3) is 5.22. The van der Waals surface area contributed by atoms with Crippen LogP contribution in [0, 0.1) is 5.92 Å². The van der Waals surface area contributed by atoms with Crippen LogP contribution in [0.15, 0.2) is 54.6 Å². The molecule has 0 saturated heterocycles. The maximum absolute atomic E-state index is 12.2. The summed E-state index contributed by atoms with van der Waals surface area (Å²) in [5.74, 6) is 0.393. The van der Waals surface area contributed by atoms with Crippen molar-refractivity contribution in [1.82, 2.24) is 5.32 Å². The van der Waals surface area contributed by atoms with E-state index in [2.05, 4.69) is 43.5 Å². The summed E-state index contributed by atoms with van der Waals surface area (Å²) in [5.41, 5.74) is 3.32. The molecule has 2 aromatic carbocycles. The van der Waals surface area contributed by atoms with E-state index < -0.39 is 0 Å². The number of hydrogen-bond acceptors (Lipinski definition) is 2. The summed E-state index contributed by atoms with van der Waals surface area (Å²) in [6.45, 7) is 6.73. The van der Waals surface area contributed by atoms with Crippen LogP contribution >= 0.6 is 0 Å². The fourth-order valence-corrected chi connectivity index (χ4v) is 2.63.